The maximum Gasteiger partial charge on any atom is 0.124 e. The Bertz CT molecular complexity index is 566. The Morgan fingerprint density at radius 2 is 2.21 bits per heavy atom. The fourth-order valence-corrected chi connectivity index (χ4v) is 2.51. The molecule has 2 rings (SSSR count). The van der Waals surface area contributed by atoms with Gasteiger partial charge in [-0.15, -0.1) is 0 Å². The Morgan fingerprint density at radius 1 is 1.42 bits per heavy atom. The van der Waals surface area contributed by atoms with Gasteiger partial charge < -0.3 is 5.32 Å². The molecule has 102 valence electrons. The fraction of sp³-hybridized carbons (Fsp3) is 0.357. The van der Waals surface area contributed by atoms with Crippen LogP contribution in [0.25, 0.3) is 11.3 Å². The zero-order valence-corrected chi connectivity index (χ0v) is 12.7. The third-order valence-electron chi connectivity index (χ3n) is 2.83. The van der Waals surface area contributed by atoms with Crippen LogP contribution < -0.4 is 5.32 Å². The average Bonchev–Trinajstić information content (AvgIpc) is 2.71. The lowest BCUT2D eigenvalue weighted by Crippen LogP contribution is -2.13. The van der Waals surface area contributed by atoms with Crippen molar-refractivity contribution in [1.29, 1.82) is 0 Å². The Hall–Kier alpha value is -1.20. The van der Waals surface area contributed by atoms with Crippen LogP contribution in [-0.2, 0) is 13.6 Å². The average molecular weight is 326 g/mol. The highest BCUT2D eigenvalue weighted by molar-refractivity contribution is 9.10. The minimum Gasteiger partial charge on any atom is -0.313 e. The predicted octanol–water partition coefficient (Wildman–Crippen LogP) is 3.49. The summed E-state index contributed by atoms with van der Waals surface area (Å²) in [7, 11) is 1.89. The van der Waals surface area contributed by atoms with E-state index in [0.29, 0.717) is 0 Å². The van der Waals surface area contributed by atoms with Crippen LogP contribution in [0, 0.1) is 5.82 Å². The lowest BCUT2D eigenvalue weighted by molar-refractivity contribution is 0.627. The van der Waals surface area contributed by atoms with Gasteiger partial charge in [-0.05, 0) is 47.1 Å². The van der Waals surface area contributed by atoms with Crippen molar-refractivity contribution in [3.63, 3.8) is 0 Å². The van der Waals surface area contributed by atoms with Crippen LogP contribution in [0.5, 0.6) is 0 Å². The number of hydrogen-bond donors (Lipinski definition) is 1. The van der Waals surface area contributed by atoms with Gasteiger partial charge in [0.05, 0.1) is 5.69 Å². The Kier molecular flexibility index (Phi) is 4.71. The molecule has 1 N–H and O–H groups in total. The van der Waals surface area contributed by atoms with E-state index >= 15 is 0 Å². The molecule has 0 bridgehead atoms. The lowest BCUT2D eigenvalue weighted by Gasteiger charge is -2.06. The molecule has 0 spiro atoms. The molecule has 0 atom stereocenters. The van der Waals surface area contributed by atoms with Crippen LogP contribution in [0.4, 0.5) is 4.39 Å². The van der Waals surface area contributed by atoms with Crippen molar-refractivity contribution < 1.29 is 4.39 Å². The van der Waals surface area contributed by atoms with Crippen molar-refractivity contribution in [3.05, 3.63) is 40.2 Å². The van der Waals surface area contributed by atoms with Gasteiger partial charge in [0.1, 0.15) is 5.82 Å². The van der Waals surface area contributed by atoms with Crippen molar-refractivity contribution >= 4 is 15.9 Å². The van der Waals surface area contributed by atoms with E-state index in [-0.39, 0.29) is 5.82 Å². The van der Waals surface area contributed by atoms with Crippen LogP contribution in [0.15, 0.2) is 28.9 Å². The SMILES string of the molecule is CCCNCc1cn(C)nc1-c1ccc(F)cc1Br. The summed E-state index contributed by atoms with van der Waals surface area (Å²) < 4.78 is 15.7. The zero-order chi connectivity index (χ0) is 13.8. The number of benzene rings is 1. The molecule has 0 aliphatic rings. The minimum atomic E-state index is -0.253. The highest BCUT2D eigenvalue weighted by Gasteiger charge is 2.13. The first kappa shape index (κ1) is 14.2. The summed E-state index contributed by atoms with van der Waals surface area (Å²) in [6, 6.07) is 4.68. The molecular weight excluding hydrogens is 309 g/mol. The van der Waals surface area contributed by atoms with Gasteiger partial charge >= 0.3 is 0 Å². The summed E-state index contributed by atoms with van der Waals surface area (Å²) in [6.07, 6.45) is 3.09. The molecule has 1 aromatic heterocycles. The summed E-state index contributed by atoms with van der Waals surface area (Å²) in [5.74, 6) is -0.253. The molecule has 3 nitrogen and oxygen atoms in total. The number of aryl methyl sites for hydroxylation is 1. The minimum absolute atomic E-state index is 0.253. The van der Waals surface area contributed by atoms with Crippen LogP contribution in [-0.4, -0.2) is 16.3 Å². The highest BCUT2D eigenvalue weighted by atomic mass is 79.9. The second kappa shape index (κ2) is 6.30. The van der Waals surface area contributed by atoms with Crippen LogP contribution in [0.1, 0.15) is 18.9 Å². The monoisotopic (exact) mass is 325 g/mol. The third kappa shape index (κ3) is 3.42. The second-order valence-electron chi connectivity index (χ2n) is 4.48. The maximum atomic E-state index is 13.1. The molecule has 1 heterocycles. The van der Waals surface area contributed by atoms with Crippen molar-refractivity contribution in [1.82, 2.24) is 15.1 Å². The molecule has 0 saturated carbocycles. The topological polar surface area (TPSA) is 29.9 Å². The van der Waals surface area contributed by atoms with Crippen molar-refractivity contribution in [2.75, 3.05) is 6.54 Å². The summed E-state index contributed by atoms with van der Waals surface area (Å²) in [5, 5.41) is 7.84. The molecule has 0 saturated heterocycles. The van der Waals surface area contributed by atoms with E-state index in [9.17, 15) is 4.39 Å². The molecule has 0 aliphatic carbocycles. The number of hydrogen-bond acceptors (Lipinski definition) is 2. The van der Waals surface area contributed by atoms with Crippen LogP contribution >= 0.6 is 15.9 Å². The summed E-state index contributed by atoms with van der Waals surface area (Å²) >= 11 is 3.40. The summed E-state index contributed by atoms with van der Waals surface area (Å²) in [4.78, 5) is 0. The Labute approximate surface area is 121 Å². The first-order chi connectivity index (χ1) is 9.11. The smallest absolute Gasteiger partial charge is 0.124 e. The highest BCUT2D eigenvalue weighted by Crippen LogP contribution is 2.30. The van der Waals surface area contributed by atoms with Crippen LogP contribution in [0.3, 0.4) is 0 Å². The molecule has 0 fully saturated rings. The van der Waals surface area contributed by atoms with E-state index in [1.54, 1.807) is 10.7 Å². The first-order valence-electron chi connectivity index (χ1n) is 6.30. The normalized spacial score (nSPS) is 10.9. The number of nitrogens with zero attached hydrogens (tertiary/aromatic N) is 2. The largest absolute Gasteiger partial charge is 0.313 e. The first-order valence-corrected chi connectivity index (χ1v) is 7.09. The van der Waals surface area contributed by atoms with Crippen molar-refractivity contribution in [2.45, 2.75) is 19.9 Å². The van der Waals surface area contributed by atoms with E-state index in [4.69, 9.17) is 0 Å². The lowest BCUT2D eigenvalue weighted by atomic mass is 10.1. The van der Waals surface area contributed by atoms with Gasteiger partial charge in [-0.25, -0.2) is 4.39 Å². The van der Waals surface area contributed by atoms with Gasteiger partial charge in [0, 0.05) is 35.4 Å². The van der Waals surface area contributed by atoms with Crippen LogP contribution in [0.2, 0.25) is 0 Å². The van der Waals surface area contributed by atoms with E-state index < -0.39 is 0 Å². The second-order valence-corrected chi connectivity index (χ2v) is 5.33. The maximum absolute atomic E-state index is 13.1. The summed E-state index contributed by atoms with van der Waals surface area (Å²) in [5.41, 5.74) is 2.91. The Morgan fingerprint density at radius 3 is 2.89 bits per heavy atom. The van der Waals surface area contributed by atoms with Crippen molar-refractivity contribution in [2.24, 2.45) is 7.05 Å². The molecule has 1 aromatic carbocycles. The predicted molar refractivity (Wildman–Crippen MR) is 78.3 cm³/mol. The molecule has 0 aliphatic heterocycles. The number of rotatable bonds is 5. The van der Waals surface area contributed by atoms with E-state index in [1.165, 1.54) is 12.1 Å². The van der Waals surface area contributed by atoms with Gasteiger partial charge in [0.15, 0.2) is 0 Å². The molecular formula is C14H17BrFN3. The Balaban J connectivity index is 2.32. The number of aromatic nitrogens is 2. The number of halogens is 2. The van der Waals surface area contributed by atoms with Crippen molar-refractivity contribution in [3.8, 4) is 11.3 Å². The third-order valence-corrected chi connectivity index (χ3v) is 3.49. The van der Waals surface area contributed by atoms with Gasteiger partial charge in [-0.1, -0.05) is 6.92 Å². The van der Waals surface area contributed by atoms with E-state index in [1.807, 2.05) is 13.2 Å². The standard InChI is InChI=1S/C14H17BrFN3/c1-3-6-17-8-10-9-19(2)18-14(10)12-5-4-11(16)7-13(12)15/h4-5,7,9,17H,3,6,8H2,1-2H3. The molecule has 19 heavy (non-hydrogen) atoms. The summed E-state index contributed by atoms with van der Waals surface area (Å²) in [6.45, 7) is 3.87. The molecule has 5 heteroatoms. The quantitative estimate of drug-likeness (QED) is 0.853. The zero-order valence-electron chi connectivity index (χ0n) is 11.1. The molecule has 2 aromatic rings. The molecule has 0 unspecified atom stereocenters. The van der Waals surface area contributed by atoms with E-state index in [0.717, 1.165) is 40.8 Å². The molecule has 0 amide bonds. The number of nitrogens with one attached hydrogen (secondary N) is 1. The van der Waals surface area contributed by atoms with Gasteiger partial charge in [0.2, 0.25) is 0 Å². The van der Waals surface area contributed by atoms with E-state index in [2.05, 4.69) is 33.3 Å². The van der Waals surface area contributed by atoms with Gasteiger partial charge in [-0.3, -0.25) is 4.68 Å². The van der Waals surface area contributed by atoms with Gasteiger partial charge in [-0.2, -0.15) is 5.10 Å². The molecule has 0 radical (unpaired) electrons. The fourth-order valence-electron chi connectivity index (χ4n) is 1.98. The van der Waals surface area contributed by atoms with Gasteiger partial charge in [0.25, 0.3) is 0 Å².